The van der Waals surface area contributed by atoms with E-state index in [2.05, 4.69) is 444 Å². The maximum absolute atomic E-state index is 7.11. The molecule has 12 heteroatoms. The maximum Gasteiger partial charge on any atom is 0.238 e. The summed E-state index contributed by atoms with van der Waals surface area (Å²) in [4.78, 5) is 32.9. The summed E-state index contributed by atoms with van der Waals surface area (Å²) in [6.07, 6.45) is 0. The van der Waals surface area contributed by atoms with Gasteiger partial charge in [0.2, 0.25) is 11.9 Å². The Kier molecular flexibility index (Phi) is 18.3. The molecule has 0 atom stereocenters. The van der Waals surface area contributed by atoms with E-state index < -0.39 is 0 Å². The molecule has 142 heavy (non-hydrogen) atoms. The van der Waals surface area contributed by atoms with Crippen molar-refractivity contribution in [1.82, 2.24) is 43.6 Å². The van der Waals surface area contributed by atoms with Crippen molar-refractivity contribution in [1.29, 1.82) is 0 Å². The molecule has 22 aromatic carbocycles. The summed E-state index contributed by atoms with van der Waals surface area (Å²) in [6.45, 7) is 0. The number of furan rings is 2. The van der Waals surface area contributed by atoms with Gasteiger partial charge in [0, 0.05) is 91.4 Å². The third-order valence-corrected chi connectivity index (χ3v) is 29.7. The Morgan fingerprint density at radius 3 is 1.25 bits per heavy atom. The topological polar surface area (TPSA) is 118 Å². The van der Waals surface area contributed by atoms with Crippen LogP contribution in [-0.4, -0.2) is 43.6 Å². The fourth-order valence-corrected chi connectivity index (χ4v) is 23.4. The van der Waals surface area contributed by atoms with Crippen molar-refractivity contribution in [3.63, 3.8) is 0 Å². The first-order valence-electron chi connectivity index (χ1n) is 47.9. The first-order chi connectivity index (χ1) is 70.4. The van der Waals surface area contributed by atoms with Crippen LogP contribution in [0.25, 0.3) is 291 Å². The van der Waals surface area contributed by atoms with Crippen molar-refractivity contribution >= 4 is 184 Å². The number of nitrogens with zero attached hydrogens (tertiary/aromatic N) is 9. The zero-order chi connectivity index (χ0) is 93.1. The van der Waals surface area contributed by atoms with Crippen LogP contribution >= 0.6 is 11.3 Å². The highest BCUT2D eigenvalue weighted by Crippen LogP contribution is 2.53. The standard InChI is InChI=1S/C71H43N5O.C59H34N4OS/c1-4-19-44(20-5-1)50-39-51(45-21-6-2-7-22-45)41-52(40-50)70-72-69(47-24-8-3-9-25-47)73-71(74-70)76-63-43-49(36-38-58(63)65-56-29-12-13-30-57(56)66-59-31-15-17-34-64(59)77-68(66)67(65)76)48-35-37-55-54-28-14-16-32-61(54)75(62(55)42-48)60-33-18-26-46-23-10-11-27-53(46)60;1-3-15-35(16-4-1)38-29-31-49-47(33-38)52-42-23-9-10-24-43(42)53-48-34-39(36-17-5-2-6-18-36)30-32-51(48)65-56(53)54(52)63(49)59-61-57(45-26-13-20-37-19-7-8-21-40(37)45)60-58(62-59)46-27-14-25-44-41-22-11-12-28-50(41)64-55(44)46/h1-43H;1-34H. The van der Waals surface area contributed by atoms with Gasteiger partial charge in [0.25, 0.3) is 0 Å². The zero-order valence-corrected chi connectivity index (χ0v) is 77.0. The molecule has 8 aromatic heterocycles. The molecule has 0 radical (unpaired) electrons. The first-order valence-corrected chi connectivity index (χ1v) is 48.7. The highest BCUT2D eigenvalue weighted by Gasteiger charge is 2.31. The first kappa shape index (κ1) is 80.4. The van der Waals surface area contributed by atoms with Crippen molar-refractivity contribution in [3.05, 3.63) is 467 Å². The van der Waals surface area contributed by atoms with Crippen molar-refractivity contribution in [3.8, 4) is 119 Å². The van der Waals surface area contributed by atoms with Crippen molar-refractivity contribution < 1.29 is 8.83 Å². The Balaban J connectivity index is 0.000000138. The Morgan fingerprint density at radius 1 is 0.190 bits per heavy atom. The molecule has 30 rings (SSSR count). The van der Waals surface area contributed by atoms with Gasteiger partial charge < -0.3 is 13.4 Å². The lowest BCUT2D eigenvalue weighted by atomic mass is 9.96. The molecule has 11 nitrogen and oxygen atoms in total. The third kappa shape index (κ3) is 12.9. The molecule has 0 saturated heterocycles. The van der Waals surface area contributed by atoms with Crippen LogP contribution in [0.2, 0.25) is 0 Å². The molecule has 0 N–H and O–H groups in total. The van der Waals surface area contributed by atoms with E-state index in [4.69, 9.17) is 38.7 Å². The summed E-state index contributed by atoms with van der Waals surface area (Å²) in [5.74, 6) is 3.28. The van der Waals surface area contributed by atoms with Crippen LogP contribution in [0.1, 0.15) is 0 Å². The largest absolute Gasteiger partial charge is 0.455 e. The monoisotopic (exact) mass is 1830 g/mol. The molecule has 8 heterocycles. The van der Waals surface area contributed by atoms with Gasteiger partial charge in [0.1, 0.15) is 22.3 Å². The van der Waals surface area contributed by atoms with Crippen molar-refractivity contribution in [2.45, 2.75) is 0 Å². The lowest BCUT2D eigenvalue weighted by Crippen LogP contribution is -2.07. The molecule has 0 unspecified atom stereocenters. The SMILES string of the molecule is c1ccc(-c2cc(-c3ccccc3)cc(-c3nc(-c4ccccc4)nc(-n4c5cc(-c6ccc7c8ccccc8n(-c8cccc9ccccc89)c7c6)ccc5c5c6ccccc6c6c7ccccc7oc6c54)n3)c2)cc1.c1ccc(-c2ccc3sc4c(c3c2)c2ccccc2c2c3cc(-c5ccccc5)ccc3n(-c3nc(-c5cccc6ccccc56)nc(-c5cccc6c5oc5ccccc56)n3)c42)cc1. The second-order valence-electron chi connectivity index (χ2n) is 36.6. The molecule has 0 saturated carbocycles. The maximum atomic E-state index is 7.11. The fraction of sp³-hybridized carbons (Fsp3) is 0. The second-order valence-corrected chi connectivity index (χ2v) is 37.6. The molecule has 0 aliphatic heterocycles. The Hall–Kier alpha value is -18.9. The summed E-state index contributed by atoms with van der Waals surface area (Å²) in [5.41, 5.74) is 25.2. The number of thiophene rings is 1. The number of fused-ring (bicyclic) bond motifs is 28. The van der Waals surface area contributed by atoms with E-state index in [9.17, 15) is 0 Å². The van der Waals surface area contributed by atoms with Gasteiger partial charge in [-0.3, -0.25) is 9.13 Å². The quantitative estimate of drug-likeness (QED) is 0.119. The summed E-state index contributed by atoms with van der Waals surface area (Å²) in [6, 6.07) is 166. The molecule has 30 aromatic rings. The lowest BCUT2D eigenvalue weighted by molar-refractivity contribution is 0.669. The molecule has 0 aliphatic carbocycles. The average Bonchev–Trinajstić information content (AvgIpc) is 1.54. The summed E-state index contributed by atoms with van der Waals surface area (Å²) in [7, 11) is 0. The van der Waals surface area contributed by atoms with Crippen LogP contribution in [0, 0.1) is 0 Å². The fourth-order valence-electron chi connectivity index (χ4n) is 22.1. The Morgan fingerprint density at radius 2 is 0.592 bits per heavy atom. The van der Waals surface area contributed by atoms with Crippen LogP contribution in [0.3, 0.4) is 0 Å². The number of benzene rings is 22. The van der Waals surface area contributed by atoms with Gasteiger partial charge >= 0.3 is 0 Å². The highest BCUT2D eigenvalue weighted by molar-refractivity contribution is 7.27. The molecule has 0 spiro atoms. The smallest absolute Gasteiger partial charge is 0.238 e. The van der Waals surface area contributed by atoms with Crippen LogP contribution < -0.4 is 0 Å². The van der Waals surface area contributed by atoms with Gasteiger partial charge in [0.15, 0.2) is 28.9 Å². The van der Waals surface area contributed by atoms with Gasteiger partial charge in [0.05, 0.1) is 43.5 Å². The molecule has 0 fully saturated rings. The van der Waals surface area contributed by atoms with E-state index in [1.807, 2.05) is 47.7 Å². The number of hydrogen-bond acceptors (Lipinski definition) is 9. The molecule has 0 aliphatic rings. The van der Waals surface area contributed by atoms with Crippen LogP contribution in [0.15, 0.2) is 476 Å². The van der Waals surface area contributed by atoms with Crippen molar-refractivity contribution in [2.24, 2.45) is 0 Å². The van der Waals surface area contributed by atoms with E-state index >= 15 is 0 Å². The van der Waals surface area contributed by atoms with Crippen molar-refractivity contribution in [2.75, 3.05) is 0 Å². The average molecular weight is 1830 g/mol. The van der Waals surface area contributed by atoms with Gasteiger partial charge in [-0.05, 0) is 178 Å². The number of rotatable bonds is 12. The number of aromatic nitrogens is 9. The van der Waals surface area contributed by atoms with Gasteiger partial charge in [-0.25, -0.2) is 9.97 Å². The molecule has 0 amide bonds. The minimum Gasteiger partial charge on any atom is -0.455 e. The summed E-state index contributed by atoms with van der Waals surface area (Å²) < 4.78 is 23.2. The Labute approximate surface area is 816 Å². The zero-order valence-electron chi connectivity index (χ0n) is 76.2. The molecule has 660 valence electrons. The molecular formula is C130H77N9O2S. The van der Waals surface area contributed by atoms with E-state index in [0.717, 1.165) is 182 Å². The van der Waals surface area contributed by atoms with E-state index in [1.54, 1.807) is 0 Å². The molecular weight excluding hydrogens is 1750 g/mol. The predicted octanol–water partition coefficient (Wildman–Crippen LogP) is 34.8. The van der Waals surface area contributed by atoms with Gasteiger partial charge in [-0.15, -0.1) is 11.3 Å². The predicted molar refractivity (Wildman–Crippen MR) is 589 cm³/mol. The second kappa shape index (κ2) is 32.4. The lowest BCUT2D eigenvalue weighted by Gasteiger charge is -2.14. The summed E-state index contributed by atoms with van der Waals surface area (Å²) in [5, 5.41) is 22.7. The highest BCUT2D eigenvalue weighted by atomic mass is 32.1. The third-order valence-electron chi connectivity index (χ3n) is 28.6. The summed E-state index contributed by atoms with van der Waals surface area (Å²) >= 11 is 1.83. The van der Waals surface area contributed by atoms with E-state index in [-0.39, 0.29) is 0 Å². The number of hydrogen-bond donors (Lipinski definition) is 0. The van der Waals surface area contributed by atoms with Crippen LogP contribution in [0.5, 0.6) is 0 Å². The van der Waals surface area contributed by atoms with Gasteiger partial charge in [-0.2, -0.15) is 19.9 Å². The molecule has 0 bridgehead atoms. The number of para-hydroxylation sites is 4. The van der Waals surface area contributed by atoms with E-state index in [1.165, 1.54) is 74.5 Å². The van der Waals surface area contributed by atoms with Crippen LogP contribution in [0.4, 0.5) is 0 Å². The van der Waals surface area contributed by atoms with Crippen LogP contribution in [-0.2, 0) is 0 Å². The minimum absolute atomic E-state index is 0.487. The van der Waals surface area contributed by atoms with E-state index in [0.29, 0.717) is 35.2 Å². The Bertz CT molecular complexity index is 10400. The minimum atomic E-state index is 0.487. The van der Waals surface area contributed by atoms with Gasteiger partial charge in [-0.1, -0.05) is 382 Å². The normalized spacial score (nSPS) is 11.9.